The number of esters is 1. The lowest BCUT2D eigenvalue weighted by Crippen LogP contribution is -2.51. The molecule has 6 nitrogen and oxygen atoms in total. The minimum absolute atomic E-state index is 0.00551. The molecule has 3 fully saturated rings. The maximum absolute atomic E-state index is 13.1. The van der Waals surface area contributed by atoms with Crippen molar-refractivity contribution in [3.8, 4) is 0 Å². The predicted octanol–water partition coefficient (Wildman–Crippen LogP) is 8.84. The Morgan fingerprint density at radius 1 is 0.812 bits per heavy atom. The Kier molecular flexibility index (Phi) is 14.5. The van der Waals surface area contributed by atoms with Gasteiger partial charge >= 0.3 is 5.97 Å². The van der Waals surface area contributed by atoms with Gasteiger partial charge in [-0.2, -0.15) is 0 Å². The maximum Gasteiger partial charge on any atom is 0.306 e. The van der Waals surface area contributed by atoms with E-state index in [0.29, 0.717) is 24.7 Å². The van der Waals surface area contributed by atoms with Gasteiger partial charge in [0.15, 0.2) is 0 Å². The Hall–Kier alpha value is -1.40. The van der Waals surface area contributed by atoms with Gasteiger partial charge in [0.05, 0.1) is 0 Å². The van der Waals surface area contributed by atoms with Crippen LogP contribution in [-0.4, -0.2) is 87.0 Å². The molecule has 276 valence electrons. The summed E-state index contributed by atoms with van der Waals surface area (Å²) in [6.07, 6.45) is 20.0. The molecule has 48 heavy (non-hydrogen) atoms. The fourth-order valence-corrected chi connectivity index (χ4v) is 11.1. The van der Waals surface area contributed by atoms with Crippen LogP contribution in [0.3, 0.4) is 0 Å². The van der Waals surface area contributed by atoms with Gasteiger partial charge in [-0.3, -0.25) is 9.59 Å². The Morgan fingerprint density at radius 2 is 1.50 bits per heavy atom. The first kappa shape index (κ1) is 39.4. The highest BCUT2D eigenvalue weighted by molar-refractivity contribution is 5.77. The predicted molar refractivity (Wildman–Crippen MR) is 200 cm³/mol. The highest BCUT2D eigenvalue weighted by Gasteiger charge is 2.59. The summed E-state index contributed by atoms with van der Waals surface area (Å²) in [4.78, 5) is 32.5. The van der Waals surface area contributed by atoms with Gasteiger partial charge in [0.1, 0.15) is 6.10 Å². The first-order valence-corrected chi connectivity index (χ1v) is 20.2. The van der Waals surface area contributed by atoms with Crippen LogP contribution in [0.2, 0.25) is 0 Å². The molecule has 8 unspecified atom stereocenters. The molecule has 0 bridgehead atoms. The normalized spacial score (nSPS) is 32.1. The van der Waals surface area contributed by atoms with Crippen molar-refractivity contribution in [3.63, 3.8) is 0 Å². The second-order valence-corrected chi connectivity index (χ2v) is 18.2. The highest BCUT2D eigenvalue weighted by atomic mass is 16.5. The lowest BCUT2D eigenvalue weighted by molar-refractivity contribution is -0.151. The fraction of sp³-hybridized carbons (Fsp3) is 0.905. The third kappa shape index (κ3) is 9.89. The van der Waals surface area contributed by atoms with E-state index in [4.69, 9.17) is 4.74 Å². The number of rotatable bonds is 18. The summed E-state index contributed by atoms with van der Waals surface area (Å²) in [5, 5.41) is 0. The van der Waals surface area contributed by atoms with Crippen LogP contribution in [0.25, 0.3) is 0 Å². The number of carbonyl (C=O) groups is 2. The molecule has 0 aromatic carbocycles. The topological polar surface area (TPSA) is 53.1 Å². The van der Waals surface area contributed by atoms with Gasteiger partial charge in [-0.05, 0) is 152 Å². The molecule has 0 aliphatic heterocycles. The quantitative estimate of drug-likeness (QED) is 0.108. The van der Waals surface area contributed by atoms with Crippen LogP contribution in [0.1, 0.15) is 137 Å². The second-order valence-electron chi connectivity index (χ2n) is 18.2. The summed E-state index contributed by atoms with van der Waals surface area (Å²) >= 11 is 0. The number of nitrogens with zero attached hydrogens (tertiary/aromatic N) is 3. The molecule has 0 aromatic heterocycles. The molecule has 0 radical (unpaired) electrons. The average molecular weight is 670 g/mol. The van der Waals surface area contributed by atoms with E-state index in [1.54, 1.807) is 5.57 Å². The largest absolute Gasteiger partial charge is 0.462 e. The van der Waals surface area contributed by atoms with Crippen LogP contribution >= 0.6 is 0 Å². The molecule has 4 aliphatic carbocycles. The molecule has 6 heteroatoms. The van der Waals surface area contributed by atoms with Crippen molar-refractivity contribution in [1.29, 1.82) is 0 Å². The van der Waals surface area contributed by atoms with Crippen molar-refractivity contribution < 1.29 is 14.3 Å². The second kappa shape index (κ2) is 17.7. The van der Waals surface area contributed by atoms with E-state index >= 15 is 0 Å². The van der Waals surface area contributed by atoms with Gasteiger partial charge in [-0.25, -0.2) is 0 Å². The SMILES string of the molecule is CC(C)CCCC(C)C1CCC2C3CC=C4CC(OC(=O)CCCC(=O)N(CCCN(C)C)CCCN(C)C)CCC4(C)C3CCC12C. The number of fused-ring (bicyclic) bond motifs is 5. The van der Waals surface area contributed by atoms with Gasteiger partial charge in [0.25, 0.3) is 0 Å². The Balaban J connectivity index is 1.25. The van der Waals surface area contributed by atoms with E-state index in [9.17, 15) is 9.59 Å². The monoisotopic (exact) mass is 670 g/mol. The lowest BCUT2D eigenvalue weighted by atomic mass is 9.47. The molecule has 4 rings (SSSR count). The summed E-state index contributed by atoms with van der Waals surface area (Å²) in [5.41, 5.74) is 2.36. The van der Waals surface area contributed by atoms with Gasteiger partial charge in [-0.1, -0.05) is 65.5 Å². The van der Waals surface area contributed by atoms with Crippen LogP contribution in [0, 0.1) is 46.3 Å². The smallest absolute Gasteiger partial charge is 0.306 e. The molecular weight excluding hydrogens is 594 g/mol. The molecule has 3 saturated carbocycles. The highest BCUT2D eigenvalue weighted by Crippen LogP contribution is 2.67. The minimum Gasteiger partial charge on any atom is -0.462 e. The Bertz CT molecular complexity index is 1060. The van der Waals surface area contributed by atoms with Crippen LogP contribution in [0.5, 0.6) is 0 Å². The summed E-state index contributed by atoms with van der Waals surface area (Å²) in [6, 6.07) is 0. The number of amides is 1. The zero-order valence-corrected chi connectivity index (χ0v) is 32.8. The summed E-state index contributed by atoms with van der Waals surface area (Å²) in [6.45, 7) is 16.1. The molecule has 0 aromatic rings. The number of carbonyl (C=O) groups excluding carboxylic acids is 2. The Morgan fingerprint density at radius 3 is 2.15 bits per heavy atom. The molecule has 1 amide bonds. The van der Waals surface area contributed by atoms with Gasteiger partial charge in [-0.15, -0.1) is 0 Å². The van der Waals surface area contributed by atoms with E-state index in [-0.39, 0.29) is 23.4 Å². The Labute approximate surface area is 296 Å². The molecule has 0 heterocycles. The average Bonchev–Trinajstić information content (AvgIpc) is 3.37. The van der Waals surface area contributed by atoms with Crippen molar-refractivity contribution in [2.75, 3.05) is 54.4 Å². The van der Waals surface area contributed by atoms with Crippen molar-refractivity contribution in [2.24, 2.45) is 46.3 Å². The van der Waals surface area contributed by atoms with E-state index in [1.165, 1.54) is 51.4 Å². The molecule has 0 spiro atoms. The number of hydrogen-bond acceptors (Lipinski definition) is 5. The van der Waals surface area contributed by atoms with E-state index < -0.39 is 0 Å². The van der Waals surface area contributed by atoms with E-state index in [2.05, 4.69) is 78.7 Å². The molecule has 0 N–H and O–H groups in total. The first-order valence-electron chi connectivity index (χ1n) is 20.2. The molecular formula is C42H75N3O3. The van der Waals surface area contributed by atoms with E-state index in [1.807, 2.05) is 4.90 Å². The first-order chi connectivity index (χ1) is 22.7. The zero-order valence-electron chi connectivity index (χ0n) is 32.8. The number of hydrogen-bond donors (Lipinski definition) is 0. The molecule has 8 atom stereocenters. The maximum atomic E-state index is 13.1. The van der Waals surface area contributed by atoms with Crippen LogP contribution in [0.4, 0.5) is 0 Å². The minimum atomic E-state index is -0.120. The molecule has 4 aliphatic rings. The van der Waals surface area contributed by atoms with Crippen LogP contribution in [-0.2, 0) is 14.3 Å². The van der Waals surface area contributed by atoms with Gasteiger partial charge < -0.3 is 19.4 Å². The van der Waals surface area contributed by atoms with Crippen molar-refractivity contribution >= 4 is 11.9 Å². The van der Waals surface area contributed by atoms with Crippen molar-refractivity contribution in [1.82, 2.24) is 14.7 Å². The standard InChI is InChI=1S/C42H75N3O3/c1-31(2)14-10-15-32(3)36-20-21-37-35-19-18-33-30-34(22-24-41(33,4)38(35)23-25-42(36,37)5)48-40(47)17-11-16-39(46)45(28-12-26-43(6)7)29-13-27-44(8)9/h18,31-32,34-38H,10-17,19-30H2,1-9H3. The van der Waals surface area contributed by atoms with Gasteiger partial charge in [0, 0.05) is 32.4 Å². The number of ether oxygens (including phenoxy) is 1. The lowest BCUT2D eigenvalue weighted by Gasteiger charge is -2.58. The van der Waals surface area contributed by atoms with E-state index in [0.717, 1.165) is 93.8 Å². The van der Waals surface area contributed by atoms with Crippen molar-refractivity contribution in [2.45, 2.75) is 143 Å². The van der Waals surface area contributed by atoms with Crippen LogP contribution in [0.15, 0.2) is 11.6 Å². The fourth-order valence-electron chi connectivity index (χ4n) is 11.1. The third-order valence-corrected chi connectivity index (χ3v) is 13.7. The summed E-state index contributed by atoms with van der Waals surface area (Å²) in [7, 11) is 8.29. The summed E-state index contributed by atoms with van der Waals surface area (Å²) < 4.78 is 6.10. The van der Waals surface area contributed by atoms with Crippen LogP contribution < -0.4 is 0 Å². The van der Waals surface area contributed by atoms with Gasteiger partial charge in [0.2, 0.25) is 5.91 Å². The zero-order chi connectivity index (χ0) is 35.1. The third-order valence-electron chi connectivity index (χ3n) is 13.7. The molecule has 0 saturated heterocycles. The number of allylic oxidation sites excluding steroid dienone is 1. The van der Waals surface area contributed by atoms with Crippen molar-refractivity contribution in [3.05, 3.63) is 11.6 Å². The summed E-state index contributed by atoms with van der Waals surface area (Å²) in [5.74, 6) is 5.11.